The fourth-order valence-corrected chi connectivity index (χ4v) is 18.0. The number of aromatic carboxylic acids is 2. The van der Waals surface area contributed by atoms with Crippen molar-refractivity contribution in [1.82, 2.24) is 0 Å². The maximum atomic E-state index is 15.5. The second-order valence-corrected chi connectivity index (χ2v) is 20.9. The smallest absolute Gasteiger partial charge is 0.335 e. The minimum absolute atomic E-state index is 0.0701. The number of rotatable bonds is 10. The predicted molar refractivity (Wildman–Crippen MR) is 170 cm³/mol. The zero-order valence-corrected chi connectivity index (χ0v) is 27.2. The third-order valence-corrected chi connectivity index (χ3v) is 20.1. The van der Waals surface area contributed by atoms with Gasteiger partial charge in [0, 0.05) is 35.0 Å². The Bertz CT molecular complexity index is 1060. The maximum absolute atomic E-state index is 15.5. The lowest BCUT2D eigenvalue weighted by atomic mass is 9.97. The van der Waals surface area contributed by atoms with Gasteiger partial charge in [0.25, 0.3) is 0 Å². The van der Waals surface area contributed by atoms with Crippen LogP contribution in [0.2, 0.25) is 0 Å². The van der Waals surface area contributed by atoms with Gasteiger partial charge < -0.3 is 19.3 Å². The first-order valence-electron chi connectivity index (χ1n) is 17.0. The molecule has 0 unspecified atom stereocenters. The number of benzene rings is 1. The molecular weight excluding hydrogens is 566 g/mol. The van der Waals surface area contributed by atoms with E-state index in [2.05, 4.69) is 0 Å². The van der Waals surface area contributed by atoms with Crippen LogP contribution in [0.5, 0.6) is 0 Å². The van der Waals surface area contributed by atoms with E-state index in [1.165, 1.54) is 12.1 Å². The summed E-state index contributed by atoms with van der Waals surface area (Å²) in [5, 5.41) is 20.9. The lowest BCUT2D eigenvalue weighted by molar-refractivity contribution is 0.0679. The Hall–Kier alpha value is -1.38. The van der Waals surface area contributed by atoms with Crippen molar-refractivity contribution in [3.63, 3.8) is 0 Å². The number of hydrogen-bond acceptors (Lipinski definition) is 4. The summed E-state index contributed by atoms with van der Waals surface area (Å²) in [6, 6.07) is 2.84. The van der Waals surface area contributed by atoms with Gasteiger partial charge in [-0.15, -0.1) is 0 Å². The molecule has 0 radical (unpaired) electrons. The largest absolute Gasteiger partial charge is 0.478 e. The normalized spacial score (nSPS) is 22.7. The molecule has 4 saturated carbocycles. The first-order chi connectivity index (χ1) is 20.2. The van der Waals surface area contributed by atoms with E-state index in [1.54, 1.807) is 0 Å². The highest BCUT2D eigenvalue weighted by Crippen LogP contribution is 2.68. The Balaban J connectivity index is 1.65. The van der Waals surface area contributed by atoms with Crippen molar-refractivity contribution in [1.29, 1.82) is 0 Å². The SMILES string of the molecule is O=C(O)c1ccc(C(=O)O)c(CP(=O)(C2CCCCC2)C2CCCCC2)c1CP(=O)(C1CCCCC1)C1CCCCC1. The highest BCUT2D eigenvalue weighted by Gasteiger charge is 2.45. The number of carbonyl (C=O) groups is 2. The van der Waals surface area contributed by atoms with E-state index in [1.807, 2.05) is 0 Å². The molecule has 0 bridgehead atoms. The van der Waals surface area contributed by atoms with Crippen molar-refractivity contribution in [2.45, 2.75) is 163 Å². The summed E-state index contributed by atoms with van der Waals surface area (Å²) in [5.74, 6) is -2.21. The molecule has 2 N–H and O–H groups in total. The Morgan fingerprint density at radius 3 is 0.952 bits per heavy atom. The van der Waals surface area contributed by atoms with Gasteiger partial charge in [-0.05, 0) is 74.6 Å². The van der Waals surface area contributed by atoms with Gasteiger partial charge in [0.05, 0.1) is 25.4 Å². The van der Waals surface area contributed by atoms with Crippen LogP contribution in [0.4, 0.5) is 0 Å². The predicted octanol–water partition coefficient (Wildman–Crippen LogP) is 10.1. The molecule has 1 aromatic carbocycles. The Kier molecular flexibility index (Phi) is 10.8. The summed E-state index contributed by atoms with van der Waals surface area (Å²) in [7, 11) is -5.82. The fraction of sp³-hybridized carbons (Fsp3) is 0.765. The van der Waals surface area contributed by atoms with E-state index >= 15 is 9.13 Å². The average molecular weight is 619 g/mol. The lowest BCUT2D eigenvalue weighted by Gasteiger charge is -2.40. The highest BCUT2D eigenvalue weighted by molar-refractivity contribution is 7.65. The molecule has 0 heterocycles. The van der Waals surface area contributed by atoms with Crippen molar-refractivity contribution in [3.05, 3.63) is 34.4 Å². The molecule has 4 aliphatic rings. The minimum Gasteiger partial charge on any atom is -0.478 e. The number of hydrogen-bond donors (Lipinski definition) is 2. The molecule has 5 rings (SSSR count). The number of carboxylic acid groups (broad SMARTS) is 2. The van der Waals surface area contributed by atoms with Gasteiger partial charge in [0.1, 0.15) is 0 Å². The average Bonchev–Trinajstić information content (AvgIpc) is 3.03. The van der Waals surface area contributed by atoms with Gasteiger partial charge in [-0.2, -0.15) is 0 Å². The van der Waals surface area contributed by atoms with Crippen LogP contribution < -0.4 is 0 Å². The van der Waals surface area contributed by atoms with Crippen molar-refractivity contribution in [2.75, 3.05) is 0 Å². The topological polar surface area (TPSA) is 109 Å². The molecular formula is C34H52O6P2. The van der Waals surface area contributed by atoms with Gasteiger partial charge in [-0.3, -0.25) is 0 Å². The van der Waals surface area contributed by atoms with E-state index in [9.17, 15) is 19.8 Å². The second kappa shape index (κ2) is 14.2. The summed E-state index contributed by atoms with van der Waals surface area (Å²) < 4.78 is 30.9. The summed E-state index contributed by atoms with van der Waals surface area (Å²) in [4.78, 5) is 25.5. The highest BCUT2D eigenvalue weighted by atomic mass is 31.2. The first-order valence-corrected chi connectivity index (χ1v) is 21.1. The Morgan fingerprint density at radius 2 is 0.738 bits per heavy atom. The zero-order chi connectivity index (χ0) is 29.7. The lowest BCUT2D eigenvalue weighted by Crippen LogP contribution is -2.27. The van der Waals surface area contributed by atoms with Crippen molar-refractivity contribution in [2.24, 2.45) is 0 Å². The van der Waals surface area contributed by atoms with E-state index in [-0.39, 0.29) is 46.1 Å². The quantitative estimate of drug-likeness (QED) is 0.253. The van der Waals surface area contributed by atoms with Crippen LogP contribution in [-0.4, -0.2) is 44.8 Å². The van der Waals surface area contributed by atoms with Gasteiger partial charge in [0.2, 0.25) is 0 Å². The third kappa shape index (κ3) is 6.81. The van der Waals surface area contributed by atoms with Gasteiger partial charge in [0.15, 0.2) is 0 Å². The van der Waals surface area contributed by atoms with Crippen LogP contribution in [0.1, 0.15) is 160 Å². The molecule has 0 aromatic heterocycles. The molecule has 0 amide bonds. The molecule has 0 saturated heterocycles. The van der Waals surface area contributed by atoms with Gasteiger partial charge in [-0.1, -0.05) is 77.0 Å². The Labute approximate surface area is 252 Å². The molecule has 8 heteroatoms. The van der Waals surface area contributed by atoms with Crippen LogP contribution >= 0.6 is 14.3 Å². The van der Waals surface area contributed by atoms with Crippen molar-refractivity contribution >= 4 is 26.2 Å². The van der Waals surface area contributed by atoms with E-state index < -0.39 is 26.2 Å². The van der Waals surface area contributed by atoms with Crippen LogP contribution in [0, 0.1) is 0 Å². The van der Waals surface area contributed by atoms with E-state index in [0.29, 0.717) is 11.1 Å². The molecule has 0 spiro atoms. The van der Waals surface area contributed by atoms with Gasteiger partial charge in [-0.25, -0.2) is 9.59 Å². The fourth-order valence-electron chi connectivity index (χ4n) is 9.13. The summed E-state index contributed by atoms with van der Waals surface area (Å²) >= 11 is 0. The van der Waals surface area contributed by atoms with Crippen LogP contribution in [0.15, 0.2) is 12.1 Å². The minimum atomic E-state index is -2.91. The molecule has 4 aliphatic carbocycles. The monoisotopic (exact) mass is 618 g/mol. The van der Waals surface area contributed by atoms with Crippen LogP contribution in [-0.2, 0) is 21.5 Å². The van der Waals surface area contributed by atoms with Crippen LogP contribution in [0.25, 0.3) is 0 Å². The molecule has 0 aliphatic heterocycles. The summed E-state index contributed by atoms with van der Waals surface area (Å²) in [5.41, 5.74) is 1.30. The standard InChI is InChI=1S/C34H52O6P2/c35-33(36)29-21-22-30(34(37)38)32(24-42(40,27-17-9-3-10-18-27)28-19-11-4-12-20-28)31(29)23-41(39,25-13-5-1-6-14-25)26-15-7-2-8-16-26/h21-22,25-28H,1-20,23-24H2,(H,35,36)(H,37,38). The molecule has 234 valence electrons. The maximum Gasteiger partial charge on any atom is 0.335 e. The van der Waals surface area contributed by atoms with Crippen molar-refractivity contribution < 1.29 is 28.9 Å². The summed E-state index contributed by atoms with van der Waals surface area (Å²) in [6.07, 6.45) is 20.6. The van der Waals surface area contributed by atoms with Crippen LogP contribution in [0.3, 0.4) is 0 Å². The Morgan fingerprint density at radius 1 is 0.500 bits per heavy atom. The molecule has 6 nitrogen and oxygen atoms in total. The second-order valence-electron chi connectivity index (χ2n) is 13.9. The van der Waals surface area contributed by atoms with Crippen molar-refractivity contribution in [3.8, 4) is 0 Å². The van der Waals surface area contributed by atoms with E-state index in [4.69, 9.17) is 0 Å². The van der Waals surface area contributed by atoms with Gasteiger partial charge >= 0.3 is 11.9 Å². The molecule has 42 heavy (non-hydrogen) atoms. The molecule has 1 aromatic rings. The third-order valence-electron chi connectivity index (χ3n) is 11.5. The van der Waals surface area contributed by atoms with E-state index in [0.717, 1.165) is 128 Å². The zero-order valence-electron chi connectivity index (χ0n) is 25.4. The molecule has 4 fully saturated rings. The number of carboxylic acids is 2. The molecule has 0 atom stereocenters. The first kappa shape index (κ1) is 32.0. The summed E-state index contributed by atoms with van der Waals surface area (Å²) in [6.45, 7) is 0.